The van der Waals surface area contributed by atoms with Crippen LogP contribution in [0.3, 0.4) is 0 Å². The molecule has 116 valence electrons. The van der Waals surface area contributed by atoms with Crippen LogP contribution in [-0.4, -0.2) is 16.0 Å². The van der Waals surface area contributed by atoms with Crippen LogP contribution in [0, 0.1) is 9.39 Å². The first-order valence-corrected chi connectivity index (χ1v) is 8.76. The predicted molar refractivity (Wildman–Crippen MR) is 102 cm³/mol. The number of anilines is 1. The van der Waals surface area contributed by atoms with Gasteiger partial charge in [0.05, 0.1) is 15.8 Å². The average Bonchev–Trinajstić information content (AvgIpc) is 2.88. The van der Waals surface area contributed by atoms with Crippen molar-refractivity contribution < 1.29 is 9.18 Å². The number of halogens is 2. The highest BCUT2D eigenvalue weighted by Crippen LogP contribution is 2.26. The minimum atomic E-state index is -0.317. The summed E-state index contributed by atoms with van der Waals surface area (Å²) >= 11 is 8.48. The van der Waals surface area contributed by atoms with Gasteiger partial charge in [-0.3, -0.25) is 10.1 Å². The predicted octanol–water partition coefficient (Wildman–Crippen LogP) is 4.17. The number of thiocarbonyl (C=S) groups is 1. The van der Waals surface area contributed by atoms with E-state index in [9.17, 15) is 9.18 Å². The van der Waals surface area contributed by atoms with Gasteiger partial charge in [-0.15, -0.1) is 0 Å². The maximum Gasteiger partial charge on any atom is 0.258 e. The fourth-order valence-electron chi connectivity index (χ4n) is 1.90. The molecule has 3 rings (SSSR count). The van der Waals surface area contributed by atoms with Crippen LogP contribution in [0.2, 0.25) is 0 Å². The number of carbonyl (C=O) groups excluding carboxylic acids is 1. The van der Waals surface area contributed by atoms with Gasteiger partial charge in [0.15, 0.2) is 10.2 Å². The molecule has 23 heavy (non-hydrogen) atoms. The van der Waals surface area contributed by atoms with E-state index in [2.05, 4.69) is 38.2 Å². The Morgan fingerprint density at radius 3 is 2.83 bits per heavy atom. The molecule has 0 spiro atoms. The Morgan fingerprint density at radius 2 is 2.04 bits per heavy atom. The smallest absolute Gasteiger partial charge is 0.258 e. The summed E-state index contributed by atoms with van der Waals surface area (Å²) in [5.41, 5.74) is 1.22. The van der Waals surface area contributed by atoms with E-state index in [1.54, 1.807) is 18.2 Å². The first-order valence-electron chi connectivity index (χ1n) is 6.46. The second kappa shape index (κ2) is 6.85. The fourth-order valence-corrected chi connectivity index (χ4v) is 3.68. The van der Waals surface area contributed by atoms with Gasteiger partial charge in [0.1, 0.15) is 5.82 Å². The molecular formula is C15H9FIN3OS2. The summed E-state index contributed by atoms with van der Waals surface area (Å²) in [6.07, 6.45) is 0. The van der Waals surface area contributed by atoms with E-state index in [1.165, 1.54) is 23.5 Å². The first-order chi connectivity index (χ1) is 11.0. The van der Waals surface area contributed by atoms with E-state index < -0.39 is 0 Å². The van der Waals surface area contributed by atoms with E-state index >= 15 is 0 Å². The van der Waals surface area contributed by atoms with Crippen molar-refractivity contribution >= 4 is 72.5 Å². The molecule has 0 saturated carbocycles. The SMILES string of the molecule is O=C(NC(=S)Nc1nc2ccc(F)cc2s1)c1ccccc1I. The first kappa shape index (κ1) is 16.2. The van der Waals surface area contributed by atoms with Gasteiger partial charge in [-0.05, 0) is 65.1 Å². The topological polar surface area (TPSA) is 54.0 Å². The number of benzene rings is 2. The lowest BCUT2D eigenvalue weighted by molar-refractivity contribution is 0.0977. The molecule has 0 atom stereocenters. The van der Waals surface area contributed by atoms with Crippen LogP contribution in [0.5, 0.6) is 0 Å². The van der Waals surface area contributed by atoms with Gasteiger partial charge in [0, 0.05) is 3.57 Å². The van der Waals surface area contributed by atoms with Crippen LogP contribution in [0.4, 0.5) is 9.52 Å². The molecule has 0 saturated heterocycles. The van der Waals surface area contributed by atoms with E-state index in [0.717, 1.165) is 3.57 Å². The molecule has 0 unspecified atom stereocenters. The molecule has 2 N–H and O–H groups in total. The number of nitrogens with zero attached hydrogens (tertiary/aromatic N) is 1. The van der Waals surface area contributed by atoms with Crippen molar-refractivity contribution in [1.29, 1.82) is 0 Å². The highest BCUT2D eigenvalue weighted by Gasteiger charge is 2.12. The maximum atomic E-state index is 13.2. The van der Waals surface area contributed by atoms with Crippen LogP contribution in [-0.2, 0) is 0 Å². The fraction of sp³-hybridized carbons (Fsp3) is 0. The van der Waals surface area contributed by atoms with E-state index in [1.807, 2.05) is 12.1 Å². The van der Waals surface area contributed by atoms with Crippen LogP contribution in [0.1, 0.15) is 10.4 Å². The van der Waals surface area contributed by atoms with Gasteiger partial charge in [-0.25, -0.2) is 9.37 Å². The molecule has 8 heteroatoms. The van der Waals surface area contributed by atoms with Gasteiger partial charge in [-0.2, -0.15) is 0 Å². The standard InChI is InChI=1S/C15H9FIN3OS2/c16-8-5-6-11-12(7-8)23-15(18-11)20-14(22)19-13(21)9-3-1-2-4-10(9)17/h1-7H,(H2,18,19,20,21,22). The second-order valence-electron chi connectivity index (χ2n) is 4.52. The maximum absolute atomic E-state index is 13.2. The van der Waals surface area contributed by atoms with Crippen molar-refractivity contribution in [2.75, 3.05) is 5.32 Å². The summed E-state index contributed by atoms with van der Waals surface area (Å²) in [6, 6.07) is 11.6. The quantitative estimate of drug-likeness (QED) is 0.448. The molecule has 1 heterocycles. The number of fused-ring (bicyclic) bond motifs is 1. The van der Waals surface area contributed by atoms with Gasteiger partial charge >= 0.3 is 0 Å². The number of aromatic nitrogens is 1. The van der Waals surface area contributed by atoms with Gasteiger partial charge in [0.25, 0.3) is 5.91 Å². The summed E-state index contributed by atoms with van der Waals surface area (Å²) in [5.74, 6) is -0.609. The molecule has 0 radical (unpaired) electrons. The minimum Gasteiger partial charge on any atom is -0.308 e. The number of hydrogen-bond donors (Lipinski definition) is 2. The third-order valence-electron chi connectivity index (χ3n) is 2.92. The van der Waals surface area contributed by atoms with Crippen LogP contribution in [0.15, 0.2) is 42.5 Å². The second-order valence-corrected chi connectivity index (χ2v) is 7.12. The molecule has 0 aliphatic carbocycles. The van der Waals surface area contributed by atoms with Crippen molar-refractivity contribution in [3.63, 3.8) is 0 Å². The Balaban J connectivity index is 1.71. The van der Waals surface area contributed by atoms with Crippen molar-refractivity contribution in [2.45, 2.75) is 0 Å². The zero-order valence-electron chi connectivity index (χ0n) is 11.5. The zero-order valence-corrected chi connectivity index (χ0v) is 15.3. The van der Waals surface area contributed by atoms with Crippen molar-refractivity contribution in [3.8, 4) is 0 Å². The molecule has 0 bridgehead atoms. The zero-order chi connectivity index (χ0) is 16.4. The molecule has 0 aliphatic heterocycles. The Labute approximate surface area is 154 Å². The lowest BCUT2D eigenvalue weighted by Crippen LogP contribution is -2.34. The Bertz CT molecular complexity index is 913. The number of amides is 1. The number of thiazole rings is 1. The van der Waals surface area contributed by atoms with E-state index in [-0.39, 0.29) is 16.8 Å². The number of rotatable bonds is 2. The summed E-state index contributed by atoms with van der Waals surface area (Å²) in [4.78, 5) is 16.5. The Hall–Kier alpha value is -1.65. The molecular weight excluding hydrogens is 448 g/mol. The van der Waals surface area contributed by atoms with Gasteiger partial charge in [0.2, 0.25) is 0 Å². The normalized spacial score (nSPS) is 10.5. The lowest BCUT2D eigenvalue weighted by atomic mass is 10.2. The molecule has 1 aromatic heterocycles. The van der Waals surface area contributed by atoms with E-state index in [4.69, 9.17) is 12.2 Å². The van der Waals surface area contributed by atoms with Crippen molar-refractivity contribution in [2.24, 2.45) is 0 Å². The Morgan fingerprint density at radius 1 is 1.26 bits per heavy atom. The van der Waals surface area contributed by atoms with Crippen molar-refractivity contribution in [1.82, 2.24) is 10.3 Å². The third kappa shape index (κ3) is 3.82. The monoisotopic (exact) mass is 457 g/mol. The summed E-state index contributed by atoms with van der Waals surface area (Å²) in [6.45, 7) is 0. The molecule has 1 amide bonds. The Kier molecular flexibility index (Phi) is 4.83. The van der Waals surface area contributed by atoms with Crippen LogP contribution < -0.4 is 10.6 Å². The van der Waals surface area contributed by atoms with Gasteiger partial charge < -0.3 is 5.32 Å². The molecule has 4 nitrogen and oxygen atoms in total. The lowest BCUT2D eigenvalue weighted by Gasteiger charge is -2.08. The number of nitrogens with one attached hydrogen (secondary N) is 2. The summed E-state index contributed by atoms with van der Waals surface area (Å²) in [5, 5.41) is 6.11. The largest absolute Gasteiger partial charge is 0.308 e. The number of carbonyl (C=O) groups is 1. The number of hydrogen-bond acceptors (Lipinski definition) is 4. The summed E-state index contributed by atoms with van der Waals surface area (Å²) < 4.78 is 14.7. The molecule has 3 aromatic rings. The molecule has 0 fully saturated rings. The average molecular weight is 457 g/mol. The third-order valence-corrected chi connectivity index (χ3v) is 4.99. The van der Waals surface area contributed by atoms with Crippen LogP contribution in [0.25, 0.3) is 10.2 Å². The molecule has 2 aromatic carbocycles. The molecule has 0 aliphatic rings. The van der Waals surface area contributed by atoms with E-state index in [0.29, 0.717) is 20.9 Å². The van der Waals surface area contributed by atoms with Gasteiger partial charge in [-0.1, -0.05) is 23.5 Å². The minimum absolute atomic E-state index is 0.147. The highest BCUT2D eigenvalue weighted by atomic mass is 127. The van der Waals surface area contributed by atoms with Crippen molar-refractivity contribution in [3.05, 3.63) is 57.4 Å². The highest BCUT2D eigenvalue weighted by molar-refractivity contribution is 14.1. The van der Waals surface area contributed by atoms with Crippen LogP contribution >= 0.6 is 46.1 Å². The summed E-state index contributed by atoms with van der Waals surface area (Å²) in [7, 11) is 0.